The van der Waals surface area contributed by atoms with Crippen LogP contribution in [0.1, 0.15) is 29.9 Å². The van der Waals surface area contributed by atoms with Crippen molar-refractivity contribution in [3.8, 4) is 11.8 Å². The molecule has 0 aliphatic rings. The molecule has 5 nitrogen and oxygen atoms in total. The van der Waals surface area contributed by atoms with Gasteiger partial charge in [0.15, 0.2) is 0 Å². The van der Waals surface area contributed by atoms with Crippen LogP contribution in [0.25, 0.3) is 0 Å². The molecular formula is C14H19N3O2. The average Bonchev–Trinajstić information content (AvgIpc) is 2.44. The van der Waals surface area contributed by atoms with Gasteiger partial charge in [-0.1, -0.05) is 11.8 Å². The topological polar surface area (TPSA) is 79.5 Å². The minimum atomic E-state index is -0.628. The minimum absolute atomic E-state index is 0.116. The Bertz CT molecular complexity index is 498. The maximum Gasteiger partial charge on any atom is 0.272 e. The number of hydrogen-bond acceptors (Lipinski definition) is 4. The first kappa shape index (κ1) is 15.2. The van der Waals surface area contributed by atoms with Crippen LogP contribution in [-0.4, -0.2) is 46.6 Å². The number of likely N-dealkylation sites (N-methyl/N-ethyl adjacent to an activating group) is 1. The van der Waals surface area contributed by atoms with Gasteiger partial charge >= 0.3 is 0 Å². The number of amides is 1. The van der Waals surface area contributed by atoms with E-state index < -0.39 is 5.54 Å². The molecule has 0 fully saturated rings. The van der Waals surface area contributed by atoms with Crippen molar-refractivity contribution in [3.05, 3.63) is 29.6 Å². The molecule has 1 amide bonds. The summed E-state index contributed by atoms with van der Waals surface area (Å²) in [6, 6.07) is 3.34. The Kier molecular flexibility index (Phi) is 5.04. The number of carbonyl (C=O) groups excluding carboxylic acids is 1. The summed E-state index contributed by atoms with van der Waals surface area (Å²) in [7, 11) is 1.64. The van der Waals surface area contributed by atoms with Gasteiger partial charge in [-0.15, -0.1) is 0 Å². The van der Waals surface area contributed by atoms with Crippen LogP contribution in [-0.2, 0) is 0 Å². The molecule has 0 spiro atoms. The molecule has 0 unspecified atom stereocenters. The van der Waals surface area contributed by atoms with Gasteiger partial charge in [-0.2, -0.15) is 0 Å². The smallest absolute Gasteiger partial charge is 0.272 e. The number of hydrogen-bond donors (Lipinski definition) is 2. The van der Waals surface area contributed by atoms with Crippen molar-refractivity contribution in [3.63, 3.8) is 0 Å². The third kappa shape index (κ3) is 3.78. The zero-order valence-electron chi connectivity index (χ0n) is 11.5. The number of aliphatic hydroxyl groups is 1. The zero-order valence-corrected chi connectivity index (χ0v) is 11.5. The van der Waals surface area contributed by atoms with Crippen LogP contribution in [0.5, 0.6) is 0 Å². The number of aliphatic hydroxyl groups excluding tert-OH is 1. The third-order valence-corrected chi connectivity index (χ3v) is 2.92. The SMILES string of the molecule is CN(C(=O)c1ccc(C#CCN)cn1)C(C)(C)CO. The van der Waals surface area contributed by atoms with E-state index in [2.05, 4.69) is 16.8 Å². The molecule has 0 saturated carbocycles. The lowest BCUT2D eigenvalue weighted by atomic mass is 10.0. The van der Waals surface area contributed by atoms with E-state index in [4.69, 9.17) is 5.73 Å². The lowest BCUT2D eigenvalue weighted by Gasteiger charge is -2.33. The van der Waals surface area contributed by atoms with Crippen LogP contribution in [0, 0.1) is 11.8 Å². The molecule has 0 aliphatic heterocycles. The molecule has 0 aromatic carbocycles. The molecule has 1 aromatic heterocycles. The first-order valence-electron chi connectivity index (χ1n) is 5.96. The molecule has 1 rings (SSSR count). The number of carbonyl (C=O) groups is 1. The van der Waals surface area contributed by atoms with E-state index in [1.807, 2.05) is 0 Å². The van der Waals surface area contributed by atoms with Gasteiger partial charge in [-0.3, -0.25) is 4.79 Å². The third-order valence-electron chi connectivity index (χ3n) is 2.92. The van der Waals surface area contributed by atoms with E-state index in [0.717, 1.165) is 0 Å². The fourth-order valence-corrected chi connectivity index (χ4v) is 1.30. The van der Waals surface area contributed by atoms with Crippen LogP contribution in [0.15, 0.2) is 18.3 Å². The number of rotatable bonds is 3. The van der Waals surface area contributed by atoms with Gasteiger partial charge in [0.05, 0.1) is 18.7 Å². The molecular weight excluding hydrogens is 242 g/mol. The monoisotopic (exact) mass is 261 g/mol. The van der Waals surface area contributed by atoms with Gasteiger partial charge in [-0.25, -0.2) is 4.98 Å². The van der Waals surface area contributed by atoms with Gasteiger partial charge in [-0.05, 0) is 26.0 Å². The first-order valence-corrected chi connectivity index (χ1v) is 5.96. The minimum Gasteiger partial charge on any atom is -0.394 e. The van der Waals surface area contributed by atoms with Crippen LogP contribution >= 0.6 is 0 Å². The van der Waals surface area contributed by atoms with Gasteiger partial charge < -0.3 is 15.7 Å². The summed E-state index contributed by atoms with van der Waals surface area (Å²) >= 11 is 0. The molecule has 19 heavy (non-hydrogen) atoms. The standard InChI is InChI=1S/C14H19N3O2/c1-14(2,10-18)17(3)13(19)12-7-6-11(9-16-12)5-4-8-15/h6-7,9,18H,8,10,15H2,1-3H3. The highest BCUT2D eigenvalue weighted by atomic mass is 16.3. The summed E-state index contributed by atoms with van der Waals surface area (Å²) in [6.45, 7) is 3.74. The number of aromatic nitrogens is 1. The molecule has 0 radical (unpaired) electrons. The summed E-state index contributed by atoms with van der Waals surface area (Å²) in [5, 5.41) is 9.26. The summed E-state index contributed by atoms with van der Waals surface area (Å²) in [5.41, 5.74) is 5.69. The van der Waals surface area contributed by atoms with E-state index in [0.29, 0.717) is 11.3 Å². The second kappa shape index (κ2) is 6.32. The predicted molar refractivity (Wildman–Crippen MR) is 73.4 cm³/mol. The van der Waals surface area contributed by atoms with E-state index in [1.54, 1.807) is 33.0 Å². The second-order valence-corrected chi connectivity index (χ2v) is 4.77. The molecule has 102 valence electrons. The maximum atomic E-state index is 12.2. The molecule has 0 saturated heterocycles. The number of pyridine rings is 1. The quantitative estimate of drug-likeness (QED) is 0.764. The van der Waals surface area contributed by atoms with E-state index in [-0.39, 0.29) is 19.1 Å². The van der Waals surface area contributed by atoms with Crippen LogP contribution < -0.4 is 5.73 Å². The normalized spacial score (nSPS) is 10.6. The Balaban J connectivity index is 2.89. The predicted octanol–water partition coefficient (Wildman–Crippen LogP) is 0.235. The number of nitrogens with two attached hydrogens (primary N) is 1. The van der Waals surface area contributed by atoms with E-state index in [1.165, 1.54) is 11.1 Å². The Hall–Kier alpha value is -1.90. The highest BCUT2D eigenvalue weighted by Crippen LogP contribution is 2.14. The Morgan fingerprint density at radius 1 is 1.53 bits per heavy atom. The molecule has 1 heterocycles. The van der Waals surface area contributed by atoms with Crippen molar-refractivity contribution < 1.29 is 9.90 Å². The van der Waals surface area contributed by atoms with Crippen molar-refractivity contribution in [1.82, 2.24) is 9.88 Å². The van der Waals surface area contributed by atoms with Crippen molar-refractivity contribution in [1.29, 1.82) is 0 Å². The van der Waals surface area contributed by atoms with Crippen molar-refractivity contribution in [2.24, 2.45) is 5.73 Å². The second-order valence-electron chi connectivity index (χ2n) is 4.77. The summed E-state index contributed by atoms with van der Waals surface area (Å²) in [5.74, 6) is 5.32. The fourth-order valence-electron chi connectivity index (χ4n) is 1.30. The van der Waals surface area contributed by atoms with Gasteiger partial charge in [0.1, 0.15) is 5.69 Å². The van der Waals surface area contributed by atoms with Crippen LogP contribution in [0.4, 0.5) is 0 Å². The van der Waals surface area contributed by atoms with Gasteiger partial charge in [0, 0.05) is 18.8 Å². The van der Waals surface area contributed by atoms with E-state index >= 15 is 0 Å². The first-order chi connectivity index (χ1) is 8.92. The highest BCUT2D eigenvalue weighted by molar-refractivity contribution is 5.92. The lowest BCUT2D eigenvalue weighted by Crippen LogP contribution is -2.47. The molecule has 1 aromatic rings. The number of nitrogens with zero attached hydrogens (tertiary/aromatic N) is 2. The van der Waals surface area contributed by atoms with Crippen LogP contribution in [0.2, 0.25) is 0 Å². The molecule has 0 aliphatic carbocycles. The van der Waals surface area contributed by atoms with Crippen molar-refractivity contribution in [2.45, 2.75) is 19.4 Å². The molecule has 0 bridgehead atoms. The molecule has 5 heteroatoms. The molecule has 3 N–H and O–H groups in total. The van der Waals surface area contributed by atoms with Gasteiger partial charge in [0.2, 0.25) is 0 Å². The fraction of sp³-hybridized carbons (Fsp3) is 0.429. The van der Waals surface area contributed by atoms with Crippen LogP contribution in [0.3, 0.4) is 0 Å². The average molecular weight is 261 g/mol. The van der Waals surface area contributed by atoms with Crippen molar-refractivity contribution in [2.75, 3.05) is 20.2 Å². The Morgan fingerprint density at radius 3 is 2.68 bits per heavy atom. The largest absolute Gasteiger partial charge is 0.394 e. The zero-order chi connectivity index (χ0) is 14.5. The summed E-state index contributed by atoms with van der Waals surface area (Å²) in [6.07, 6.45) is 1.54. The van der Waals surface area contributed by atoms with Gasteiger partial charge in [0.25, 0.3) is 5.91 Å². The summed E-state index contributed by atoms with van der Waals surface area (Å²) < 4.78 is 0. The lowest BCUT2D eigenvalue weighted by molar-refractivity contribution is 0.0467. The Labute approximate surface area is 113 Å². The Morgan fingerprint density at radius 2 is 2.21 bits per heavy atom. The maximum absolute atomic E-state index is 12.2. The summed E-state index contributed by atoms with van der Waals surface area (Å²) in [4.78, 5) is 17.7. The van der Waals surface area contributed by atoms with Crippen molar-refractivity contribution >= 4 is 5.91 Å². The van der Waals surface area contributed by atoms with E-state index in [9.17, 15) is 9.90 Å². The highest BCUT2D eigenvalue weighted by Gasteiger charge is 2.28. The molecule has 0 atom stereocenters.